The molecule has 0 radical (unpaired) electrons. The molecule has 1 N–H and O–H groups in total. The molecule has 1 heterocycles. The van der Waals surface area contributed by atoms with Crippen molar-refractivity contribution in [1.82, 2.24) is 10.2 Å². The number of likely N-dealkylation sites (N-methyl/N-ethyl adjacent to an activating group) is 1. The van der Waals surface area contributed by atoms with E-state index in [-0.39, 0.29) is 5.82 Å². The van der Waals surface area contributed by atoms with Crippen molar-refractivity contribution in [3.05, 3.63) is 65.5 Å². The standard InChI is InChI=1S/C19H24FN3/c1-22-10-12-23(13-11-22)19-8-4-17(5-9-19)15-21-14-16-2-6-18(20)7-3-16/h2-9,21H,10-15H2,1H3. The first-order chi connectivity index (χ1) is 11.2. The average molecular weight is 313 g/mol. The van der Waals surface area contributed by atoms with Crippen LogP contribution in [0, 0.1) is 5.82 Å². The fraction of sp³-hybridized carbons (Fsp3) is 0.368. The van der Waals surface area contributed by atoms with Crippen LogP contribution in [0.3, 0.4) is 0 Å². The van der Waals surface area contributed by atoms with Gasteiger partial charge in [-0.1, -0.05) is 24.3 Å². The van der Waals surface area contributed by atoms with Crippen molar-refractivity contribution in [2.45, 2.75) is 13.1 Å². The number of nitrogens with zero attached hydrogens (tertiary/aromatic N) is 2. The number of piperazine rings is 1. The van der Waals surface area contributed by atoms with Crippen LogP contribution in [0.5, 0.6) is 0 Å². The van der Waals surface area contributed by atoms with Gasteiger partial charge in [-0.25, -0.2) is 4.39 Å². The van der Waals surface area contributed by atoms with Gasteiger partial charge in [-0.05, 0) is 42.4 Å². The Morgan fingerprint density at radius 2 is 1.35 bits per heavy atom. The predicted octanol–water partition coefficient (Wildman–Crippen LogP) is 2.87. The first-order valence-corrected chi connectivity index (χ1v) is 8.18. The number of anilines is 1. The second kappa shape index (κ2) is 7.57. The number of nitrogens with one attached hydrogen (secondary N) is 1. The molecule has 3 nitrogen and oxygen atoms in total. The molecule has 0 aromatic heterocycles. The summed E-state index contributed by atoms with van der Waals surface area (Å²) < 4.78 is 12.9. The van der Waals surface area contributed by atoms with Crippen LogP contribution in [-0.4, -0.2) is 38.1 Å². The molecule has 0 atom stereocenters. The lowest BCUT2D eigenvalue weighted by Gasteiger charge is -2.34. The van der Waals surface area contributed by atoms with E-state index >= 15 is 0 Å². The lowest BCUT2D eigenvalue weighted by Crippen LogP contribution is -2.44. The van der Waals surface area contributed by atoms with Gasteiger partial charge in [0.1, 0.15) is 5.82 Å². The lowest BCUT2D eigenvalue weighted by atomic mass is 10.1. The van der Waals surface area contributed by atoms with Crippen LogP contribution >= 0.6 is 0 Å². The van der Waals surface area contributed by atoms with Crippen LogP contribution in [0.25, 0.3) is 0 Å². The van der Waals surface area contributed by atoms with Crippen LogP contribution in [0.2, 0.25) is 0 Å². The number of rotatable bonds is 5. The molecule has 2 aromatic carbocycles. The third-order valence-electron chi connectivity index (χ3n) is 4.38. The van der Waals surface area contributed by atoms with E-state index in [1.165, 1.54) is 23.4 Å². The summed E-state index contributed by atoms with van der Waals surface area (Å²) in [6, 6.07) is 15.4. The van der Waals surface area contributed by atoms with Gasteiger partial charge in [0.05, 0.1) is 0 Å². The quantitative estimate of drug-likeness (QED) is 0.916. The Balaban J connectivity index is 1.48. The van der Waals surface area contributed by atoms with Gasteiger partial charge in [0.2, 0.25) is 0 Å². The van der Waals surface area contributed by atoms with Crippen LogP contribution in [0.4, 0.5) is 10.1 Å². The summed E-state index contributed by atoms with van der Waals surface area (Å²) in [6.07, 6.45) is 0. The van der Waals surface area contributed by atoms with E-state index in [4.69, 9.17) is 0 Å². The molecule has 1 saturated heterocycles. The van der Waals surface area contributed by atoms with Gasteiger partial charge in [-0.15, -0.1) is 0 Å². The third-order valence-corrected chi connectivity index (χ3v) is 4.38. The van der Waals surface area contributed by atoms with Crippen molar-refractivity contribution in [2.24, 2.45) is 0 Å². The van der Waals surface area contributed by atoms with Gasteiger partial charge >= 0.3 is 0 Å². The zero-order valence-electron chi connectivity index (χ0n) is 13.6. The van der Waals surface area contributed by atoms with Crippen molar-refractivity contribution in [3.8, 4) is 0 Å². The molecule has 122 valence electrons. The summed E-state index contributed by atoms with van der Waals surface area (Å²) >= 11 is 0. The van der Waals surface area contributed by atoms with E-state index in [1.807, 2.05) is 12.1 Å². The van der Waals surface area contributed by atoms with E-state index in [0.29, 0.717) is 0 Å². The fourth-order valence-corrected chi connectivity index (χ4v) is 2.84. The molecule has 0 aliphatic carbocycles. The Hall–Kier alpha value is -1.91. The highest BCUT2D eigenvalue weighted by molar-refractivity contribution is 5.48. The zero-order chi connectivity index (χ0) is 16.1. The molecule has 1 fully saturated rings. The van der Waals surface area contributed by atoms with Gasteiger partial charge in [0, 0.05) is 45.0 Å². The molecule has 0 amide bonds. The number of benzene rings is 2. The minimum atomic E-state index is -0.187. The molecule has 0 unspecified atom stereocenters. The predicted molar refractivity (Wildman–Crippen MR) is 93.1 cm³/mol. The van der Waals surface area contributed by atoms with Gasteiger partial charge in [-0.2, -0.15) is 0 Å². The van der Waals surface area contributed by atoms with E-state index < -0.39 is 0 Å². The highest BCUT2D eigenvalue weighted by atomic mass is 19.1. The highest BCUT2D eigenvalue weighted by Crippen LogP contribution is 2.17. The molecule has 0 saturated carbocycles. The Morgan fingerprint density at radius 3 is 1.91 bits per heavy atom. The Labute approximate surface area is 137 Å². The lowest BCUT2D eigenvalue weighted by molar-refractivity contribution is 0.313. The molecule has 1 aliphatic heterocycles. The first kappa shape index (κ1) is 16.0. The van der Waals surface area contributed by atoms with E-state index in [0.717, 1.165) is 44.8 Å². The maximum atomic E-state index is 12.9. The monoisotopic (exact) mass is 313 g/mol. The molecular formula is C19H24FN3. The first-order valence-electron chi connectivity index (χ1n) is 8.18. The second-order valence-electron chi connectivity index (χ2n) is 6.19. The summed E-state index contributed by atoms with van der Waals surface area (Å²) in [5, 5.41) is 3.40. The minimum Gasteiger partial charge on any atom is -0.369 e. The summed E-state index contributed by atoms with van der Waals surface area (Å²) in [7, 11) is 2.17. The number of hydrogen-bond donors (Lipinski definition) is 1. The van der Waals surface area contributed by atoms with Crippen LogP contribution < -0.4 is 10.2 Å². The SMILES string of the molecule is CN1CCN(c2ccc(CNCc3ccc(F)cc3)cc2)CC1. The summed E-state index contributed by atoms with van der Waals surface area (Å²) in [5.74, 6) is -0.187. The smallest absolute Gasteiger partial charge is 0.123 e. The van der Waals surface area contributed by atoms with Crippen LogP contribution in [-0.2, 0) is 13.1 Å². The topological polar surface area (TPSA) is 18.5 Å². The van der Waals surface area contributed by atoms with Gasteiger partial charge in [-0.3, -0.25) is 0 Å². The van der Waals surface area contributed by atoms with Crippen molar-refractivity contribution in [2.75, 3.05) is 38.1 Å². The van der Waals surface area contributed by atoms with Gasteiger partial charge in [0.25, 0.3) is 0 Å². The van der Waals surface area contributed by atoms with Crippen molar-refractivity contribution in [1.29, 1.82) is 0 Å². The molecule has 1 aliphatic rings. The van der Waals surface area contributed by atoms with Crippen LogP contribution in [0.15, 0.2) is 48.5 Å². The van der Waals surface area contributed by atoms with E-state index in [9.17, 15) is 4.39 Å². The van der Waals surface area contributed by atoms with Gasteiger partial charge in [0.15, 0.2) is 0 Å². The zero-order valence-corrected chi connectivity index (χ0v) is 13.6. The summed E-state index contributed by atoms with van der Waals surface area (Å²) in [4.78, 5) is 4.81. The normalized spacial score (nSPS) is 15.8. The minimum absolute atomic E-state index is 0.187. The molecule has 23 heavy (non-hydrogen) atoms. The molecule has 4 heteroatoms. The van der Waals surface area contributed by atoms with E-state index in [1.54, 1.807) is 0 Å². The molecule has 2 aromatic rings. The maximum absolute atomic E-state index is 12.9. The molecular weight excluding hydrogens is 289 g/mol. The molecule has 0 bridgehead atoms. The Morgan fingerprint density at radius 1 is 0.826 bits per heavy atom. The van der Waals surface area contributed by atoms with Crippen molar-refractivity contribution in [3.63, 3.8) is 0 Å². The van der Waals surface area contributed by atoms with Gasteiger partial charge < -0.3 is 15.1 Å². The largest absolute Gasteiger partial charge is 0.369 e. The summed E-state index contributed by atoms with van der Waals surface area (Å²) in [6.45, 7) is 6.01. The number of halogens is 1. The van der Waals surface area contributed by atoms with Crippen LogP contribution in [0.1, 0.15) is 11.1 Å². The fourth-order valence-electron chi connectivity index (χ4n) is 2.84. The Kier molecular flexibility index (Phi) is 5.26. The average Bonchev–Trinajstić information content (AvgIpc) is 2.58. The van der Waals surface area contributed by atoms with E-state index in [2.05, 4.69) is 46.4 Å². The maximum Gasteiger partial charge on any atom is 0.123 e. The van der Waals surface area contributed by atoms with Crippen molar-refractivity contribution < 1.29 is 4.39 Å². The number of hydrogen-bond acceptors (Lipinski definition) is 3. The van der Waals surface area contributed by atoms with Crippen molar-refractivity contribution >= 4 is 5.69 Å². The Bertz CT molecular complexity index is 602. The highest BCUT2D eigenvalue weighted by Gasteiger charge is 2.13. The summed E-state index contributed by atoms with van der Waals surface area (Å²) in [5.41, 5.74) is 3.67. The second-order valence-corrected chi connectivity index (χ2v) is 6.19. The molecule has 0 spiro atoms. The molecule has 3 rings (SSSR count). The third kappa shape index (κ3) is 4.53.